The predicted octanol–water partition coefficient (Wildman–Crippen LogP) is 2.36. The van der Waals surface area contributed by atoms with Gasteiger partial charge in [0, 0.05) is 22.4 Å². The molecule has 3 N–H and O–H groups in total. The fourth-order valence-corrected chi connectivity index (χ4v) is 2.65. The lowest BCUT2D eigenvalue weighted by Crippen LogP contribution is -2.12. The summed E-state index contributed by atoms with van der Waals surface area (Å²) in [6.45, 7) is 0. The molecular weight excluding hydrogens is 252 g/mol. The highest BCUT2D eigenvalue weighted by Crippen LogP contribution is 2.31. The second kappa shape index (κ2) is 3.77. The first-order valence-corrected chi connectivity index (χ1v) is 6.19. The van der Waals surface area contributed by atoms with E-state index in [4.69, 9.17) is 5.73 Å². The van der Waals surface area contributed by atoms with Crippen LogP contribution in [0.3, 0.4) is 0 Å². The van der Waals surface area contributed by atoms with Crippen molar-refractivity contribution in [1.29, 1.82) is 0 Å². The third-order valence-electron chi connectivity index (χ3n) is 3.55. The van der Waals surface area contributed by atoms with E-state index in [0.717, 1.165) is 27.1 Å². The fourth-order valence-electron chi connectivity index (χ4n) is 2.65. The first-order chi connectivity index (χ1) is 9.75. The molecule has 5 nitrogen and oxygen atoms in total. The summed E-state index contributed by atoms with van der Waals surface area (Å²) in [5, 5.41) is 10.8. The number of hydrogen-bond acceptors (Lipinski definition) is 3. The van der Waals surface area contributed by atoms with Crippen LogP contribution in [0.5, 0.6) is 0 Å². The monoisotopic (exact) mass is 262 g/mol. The zero-order valence-corrected chi connectivity index (χ0v) is 10.4. The number of carbonyl (C=O) groups is 1. The fraction of sp³-hybridized carbons (Fsp3) is 0. The van der Waals surface area contributed by atoms with Gasteiger partial charge in [0.1, 0.15) is 0 Å². The minimum atomic E-state index is -0.491. The van der Waals surface area contributed by atoms with Gasteiger partial charge in [-0.15, -0.1) is 0 Å². The molecule has 2 aromatic carbocycles. The maximum Gasteiger partial charge on any atom is 0.250 e. The third-order valence-corrected chi connectivity index (χ3v) is 3.55. The number of H-pyrrole nitrogens is 1. The largest absolute Gasteiger partial charge is 0.366 e. The molecule has 0 fully saturated rings. The number of hydrogen-bond donors (Lipinski definition) is 2. The Morgan fingerprint density at radius 3 is 2.85 bits per heavy atom. The Hall–Kier alpha value is -2.95. The van der Waals surface area contributed by atoms with Gasteiger partial charge in [0.05, 0.1) is 22.8 Å². The minimum Gasteiger partial charge on any atom is -0.366 e. The van der Waals surface area contributed by atoms with E-state index in [9.17, 15) is 4.79 Å². The smallest absolute Gasteiger partial charge is 0.250 e. The molecule has 0 spiro atoms. The lowest BCUT2D eigenvalue weighted by atomic mass is 10.00. The van der Waals surface area contributed by atoms with Gasteiger partial charge in [-0.05, 0) is 11.5 Å². The maximum absolute atomic E-state index is 11.7. The second-order valence-electron chi connectivity index (χ2n) is 4.69. The van der Waals surface area contributed by atoms with Gasteiger partial charge in [-0.1, -0.05) is 24.3 Å². The highest BCUT2D eigenvalue weighted by molar-refractivity contribution is 6.23. The lowest BCUT2D eigenvalue weighted by molar-refractivity contribution is 0.100. The summed E-state index contributed by atoms with van der Waals surface area (Å²) in [7, 11) is 0. The quantitative estimate of drug-likeness (QED) is 0.516. The molecule has 0 aliphatic heterocycles. The molecule has 20 heavy (non-hydrogen) atoms. The number of carbonyl (C=O) groups excluding carboxylic acids is 1. The minimum absolute atomic E-state index is 0.405. The molecule has 0 atom stereocenters. The zero-order chi connectivity index (χ0) is 13.7. The third kappa shape index (κ3) is 1.34. The lowest BCUT2D eigenvalue weighted by Gasteiger charge is -2.07. The number of nitrogens with two attached hydrogens (primary N) is 1. The SMILES string of the molecule is NC(=O)c1cc2[nH]ncc2c2c1ncc1ccccc12. The van der Waals surface area contributed by atoms with Crippen LogP contribution < -0.4 is 5.73 Å². The number of fused-ring (bicyclic) bond motifs is 5. The van der Waals surface area contributed by atoms with Gasteiger partial charge in [0.15, 0.2) is 0 Å². The van der Waals surface area contributed by atoms with Crippen LogP contribution >= 0.6 is 0 Å². The van der Waals surface area contributed by atoms with Crippen molar-refractivity contribution in [3.63, 3.8) is 0 Å². The molecule has 4 rings (SSSR count). The van der Waals surface area contributed by atoms with Crippen LogP contribution in [0.25, 0.3) is 32.6 Å². The van der Waals surface area contributed by atoms with E-state index in [1.165, 1.54) is 0 Å². The molecule has 96 valence electrons. The molecule has 0 radical (unpaired) electrons. The molecule has 5 heteroatoms. The number of nitrogens with one attached hydrogen (secondary N) is 1. The Morgan fingerprint density at radius 2 is 2.00 bits per heavy atom. The molecule has 0 saturated heterocycles. The van der Waals surface area contributed by atoms with E-state index >= 15 is 0 Å². The second-order valence-corrected chi connectivity index (χ2v) is 4.69. The summed E-state index contributed by atoms with van der Waals surface area (Å²) in [6.07, 6.45) is 3.51. The van der Waals surface area contributed by atoms with E-state index in [0.29, 0.717) is 11.1 Å². The van der Waals surface area contributed by atoms with Crippen molar-refractivity contribution in [3.8, 4) is 0 Å². The van der Waals surface area contributed by atoms with Crippen LogP contribution in [-0.2, 0) is 0 Å². The molecule has 2 heterocycles. The van der Waals surface area contributed by atoms with Crippen molar-refractivity contribution < 1.29 is 4.79 Å². The number of benzene rings is 2. The average Bonchev–Trinajstić information content (AvgIpc) is 2.93. The predicted molar refractivity (Wildman–Crippen MR) is 77.4 cm³/mol. The molecule has 2 aromatic heterocycles. The van der Waals surface area contributed by atoms with E-state index in [2.05, 4.69) is 15.2 Å². The van der Waals surface area contributed by atoms with E-state index < -0.39 is 5.91 Å². The van der Waals surface area contributed by atoms with Gasteiger partial charge in [-0.2, -0.15) is 5.10 Å². The van der Waals surface area contributed by atoms with Crippen molar-refractivity contribution in [1.82, 2.24) is 15.2 Å². The van der Waals surface area contributed by atoms with Crippen LogP contribution in [0, 0.1) is 0 Å². The van der Waals surface area contributed by atoms with E-state index in [1.54, 1.807) is 18.5 Å². The topological polar surface area (TPSA) is 84.7 Å². The summed E-state index contributed by atoms with van der Waals surface area (Å²) < 4.78 is 0. The van der Waals surface area contributed by atoms with E-state index in [1.807, 2.05) is 24.3 Å². The number of pyridine rings is 1. The molecule has 0 aliphatic rings. The van der Waals surface area contributed by atoms with Gasteiger partial charge in [-0.25, -0.2) is 0 Å². The number of nitrogens with zero attached hydrogens (tertiary/aromatic N) is 2. The Kier molecular flexibility index (Phi) is 2.06. The van der Waals surface area contributed by atoms with E-state index in [-0.39, 0.29) is 0 Å². The standard InChI is InChI=1S/C15H10N4O/c16-15(20)10-5-12-11(7-18-19-12)13-9-4-2-1-3-8(9)6-17-14(10)13/h1-7H,(H2,16,20)(H,18,19). The van der Waals surface area contributed by atoms with Crippen LogP contribution in [0.1, 0.15) is 10.4 Å². The summed E-state index contributed by atoms with van der Waals surface area (Å²) >= 11 is 0. The van der Waals surface area contributed by atoms with Gasteiger partial charge in [0.25, 0.3) is 5.91 Å². The normalized spacial score (nSPS) is 11.4. The number of aromatic nitrogens is 3. The van der Waals surface area contributed by atoms with Crippen molar-refractivity contribution in [2.24, 2.45) is 5.73 Å². The first-order valence-electron chi connectivity index (χ1n) is 6.19. The maximum atomic E-state index is 11.7. The molecule has 1 amide bonds. The summed E-state index contributed by atoms with van der Waals surface area (Å²) in [4.78, 5) is 16.1. The van der Waals surface area contributed by atoms with Crippen molar-refractivity contribution in [2.45, 2.75) is 0 Å². The number of amides is 1. The zero-order valence-electron chi connectivity index (χ0n) is 10.4. The van der Waals surface area contributed by atoms with Gasteiger partial charge < -0.3 is 5.73 Å². The summed E-state index contributed by atoms with van der Waals surface area (Å²) in [5.74, 6) is -0.491. The van der Waals surface area contributed by atoms with Crippen molar-refractivity contribution in [2.75, 3.05) is 0 Å². The molecular formula is C15H10N4O. The Labute approximate surface area is 113 Å². The molecule has 4 aromatic rings. The molecule has 0 unspecified atom stereocenters. The Bertz CT molecular complexity index is 987. The van der Waals surface area contributed by atoms with Gasteiger partial charge in [-0.3, -0.25) is 14.9 Å². The first kappa shape index (κ1) is 10.9. The summed E-state index contributed by atoms with van der Waals surface area (Å²) in [5.41, 5.74) is 7.27. The number of primary amides is 1. The number of rotatable bonds is 1. The van der Waals surface area contributed by atoms with Crippen molar-refractivity contribution in [3.05, 3.63) is 48.3 Å². The molecule has 0 saturated carbocycles. The van der Waals surface area contributed by atoms with Crippen molar-refractivity contribution >= 4 is 38.5 Å². The highest BCUT2D eigenvalue weighted by atomic mass is 16.1. The van der Waals surface area contributed by atoms with Crippen LogP contribution in [0.2, 0.25) is 0 Å². The Balaban J connectivity index is 2.37. The van der Waals surface area contributed by atoms with Gasteiger partial charge >= 0.3 is 0 Å². The van der Waals surface area contributed by atoms with Crippen LogP contribution in [0.15, 0.2) is 42.7 Å². The molecule has 0 aliphatic carbocycles. The Morgan fingerprint density at radius 1 is 1.15 bits per heavy atom. The molecule has 0 bridgehead atoms. The number of aromatic amines is 1. The average molecular weight is 262 g/mol. The van der Waals surface area contributed by atoms with Crippen LogP contribution in [-0.4, -0.2) is 21.1 Å². The van der Waals surface area contributed by atoms with Crippen LogP contribution in [0.4, 0.5) is 0 Å². The van der Waals surface area contributed by atoms with Gasteiger partial charge in [0.2, 0.25) is 0 Å². The summed E-state index contributed by atoms with van der Waals surface area (Å²) in [6, 6.07) is 9.63. The highest BCUT2D eigenvalue weighted by Gasteiger charge is 2.15.